The number of hydrogen-bond donors (Lipinski definition) is 1. The molecule has 2 rings (SSSR count). The molecule has 2 unspecified atom stereocenters. The van der Waals surface area contributed by atoms with Crippen LogP contribution in [0.15, 0.2) is 22.7 Å². The topological polar surface area (TPSA) is 29.1 Å². The number of hydrogen-bond acceptors (Lipinski definition) is 1. The van der Waals surface area contributed by atoms with Gasteiger partial charge in [0.15, 0.2) is 0 Å². The Hall–Kier alpha value is -0.250. The van der Waals surface area contributed by atoms with Gasteiger partial charge in [-0.25, -0.2) is 0 Å². The monoisotopic (exact) mass is 349 g/mol. The standard InChI is InChI=1S/C13H14BrCl2NO/c14-9-4-5-10(12(16)6-9)13(18)17-7-8-2-1-3-11(8)15/h4-6,8,11H,1-3,7H2,(H,17,18). The summed E-state index contributed by atoms with van der Waals surface area (Å²) >= 11 is 15.5. The van der Waals surface area contributed by atoms with Crippen molar-refractivity contribution in [3.63, 3.8) is 0 Å². The van der Waals surface area contributed by atoms with Crippen LogP contribution in [0.4, 0.5) is 0 Å². The Morgan fingerprint density at radius 1 is 1.44 bits per heavy atom. The van der Waals surface area contributed by atoms with Gasteiger partial charge in [0.25, 0.3) is 5.91 Å². The van der Waals surface area contributed by atoms with E-state index in [4.69, 9.17) is 23.2 Å². The lowest BCUT2D eigenvalue weighted by Gasteiger charge is -2.14. The second-order valence-corrected chi connectivity index (χ2v) is 6.42. The zero-order chi connectivity index (χ0) is 13.1. The SMILES string of the molecule is O=C(NCC1CCCC1Cl)c1ccc(Br)cc1Cl. The number of benzene rings is 1. The number of rotatable bonds is 3. The first-order valence-electron chi connectivity index (χ1n) is 5.95. The highest BCUT2D eigenvalue weighted by atomic mass is 79.9. The molecule has 1 fully saturated rings. The maximum Gasteiger partial charge on any atom is 0.252 e. The Morgan fingerprint density at radius 2 is 2.22 bits per heavy atom. The third-order valence-electron chi connectivity index (χ3n) is 3.27. The molecule has 1 aromatic rings. The molecule has 5 heteroatoms. The molecule has 1 aliphatic carbocycles. The van der Waals surface area contributed by atoms with Gasteiger partial charge in [0.1, 0.15) is 0 Å². The third-order valence-corrected chi connectivity index (χ3v) is 4.65. The van der Waals surface area contributed by atoms with E-state index >= 15 is 0 Å². The Kier molecular flexibility index (Phi) is 4.93. The van der Waals surface area contributed by atoms with Crippen molar-refractivity contribution < 1.29 is 4.79 Å². The zero-order valence-electron chi connectivity index (χ0n) is 9.76. The van der Waals surface area contributed by atoms with Crippen LogP contribution >= 0.6 is 39.1 Å². The van der Waals surface area contributed by atoms with E-state index in [2.05, 4.69) is 21.2 Å². The quantitative estimate of drug-likeness (QED) is 0.811. The normalized spacial score (nSPS) is 23.1. The summed E-state index contributed by atoms with van der Waals surface area (Å²) in [5.41, 5.74) is 0.504. The molecule has 1 amide bonds. The van der Waals surface area contributed by atoms with Crippen molar-refractivity contribution in [2.45, 2.75) is 24.6 Å². The molecule has 18 heavy (non-hydrogen) atoms. The molecule has 1 N–H and O–H groups in total. The van der Waals surface area contributed by atoms with Gasteiger partial charge < -0.3 is 5.32 Å². The first kappa shape index (κ1) is 14.2. The van der Waals surface area contributed by atoms with Gasteiger partial charge in [0.05, 0.1) is 10.6 Å². The van der Waals surface area contributed by atoms with E-state index in [0.717, 1.165) is 23.7 Å². The number of alkyl halides is 1. The Balaban J connectivity index is 1.95. The Morgan fingerprint density at radius 3 is 2.83 bits per heavy atom. The molecule has 1 aromatic carbocycles. The van der Waals surface area contributed by atoms with Crippen molar-refractivity contribution in [2.24, 2.45) is 5.92 Å². The highest BCUT2D eigenvalue weighted by molar-refractivity contribution is 9.10. The second kappa shape index (κ2) is 6.27. The van der Waals surface area contributed by atoms with E-state index in [1.165, 1.54) is 0 Å². The first-order chi connectivity index (χ1) is 8.58. The van der Waals surface area contributed by atoms with Gasteiger partial charge in [-0.05, 0) is 37.0 Å². The van der Waals surface area contributed by atoms with Gasteiger partial charge in [0.2, 0.25) is 0 Å². The maximum absolute atomic E-state index is 12.0. The highest BCUT2D eigenvalue weighted by Crippen LogP contribution is 2.29. The summed E-state index contributed by atoms with van der Waals surface area (Å²) in [4.78, 5) is 12.0. The van der Waals surface area contributed by atoms with E-state index in [-0.39, 0.29) is 11.3 Å². The summed E-state index contributed by atoms with van der Waals surface area (Å²) in [5, 5.41) is 3.55. The molecule has 1 saturated carbocycles. The van der Waals surface area contributed by atoms with E-state index < -0.39 is 0 Å². The van der Waals surface area contributed by atoms with Gasteiger partial charge in [-0.1, -0.05) is 34.0 Å². The fourth-order valence-electron chi connectivity index (χ4n) is 2.21. The van der Waals surface area contributed by atoms with Gasteiger partial charge in [-0.3, -0.25) is 4.79 Å². The highest BCUT2D eigenvalue weighted by Gasteiger charge is 2.25. The van der Waals surface area contributed by atoms with Crippen LogP contribution in [-0.4, -0.2) is 17.8 Å². The number of carbonyl (C=O) groups excluding carboxylic acids is 1. The van der Waals surface area contributed by atoms with Crippen LogP contribution in [0.3, 0.4) is 0 Å². The largest absolute Gasteiger partial charge is 0.352 e. The minimum absolute atomic E-state index is 0.136. The van der Waals surface area contributed by atoms with Crippen molar-refractivity contribution in [2.75, 3.05) is 6.54 Å². The summed E-state index contributed by atoms with van der Waals surface area (Å²) in [6.45, 7) is 0.624. The predicted molar refractivity (Wildman–Crippen MR) is 78.5 cm³/mol. The Bertz CT molecular complexity index is 453. The molecule has 2 nitrogen and oxygen atoms in total. The lowest BCUT2D eigenvalue weighted by Crippen LogP contribution is -2.31. The number of amides is 1. The van der Waals surface area contributed by atoms with Crippen LogP contribution < -0.4 is 5.32 Å². The molecule has 0 bridgehead atoms. The lowest BCUT2D eigenvalue weighted by molar-refractivity contribution is 0.0948. The fourth-order valence-corrected chi connectivity index (χ4v) is 3.34. The molecular formula is C13H14BrCl2NO. The molecule has 0 heterocycles. The predicted octanol–water partition coefficient (Wildman–Crippen LogP) is 4.24. The summed E-state index contributed by atoms with van der Waals surface area (Å²) < 4.78 is 0.862. The smallest absolute Gasteiger partial charge is 0.252 e. The third kappa shape index (κ3) is 3.40. The van der Waals surface area contributed by atoms with Crippen LogP contribution in [0.5, 0.6) is 0 Å². The molecule has 0 spiro atoms. The minimum atomic E-state index is -0.136. The summed E-state index contributed by atoms with van der Waals surface area (Å²) in [5.74, 6) is 0.244. The summed E-state index contributed by atoms with van der Waals surface area (Å²) in [6, 6.07) is 5.24. The van der Waals surface area contributed by atoms with Crippen molar-refractivity contribution in [1.82, 2.24) is 5.32 Å². The average molecular weight is 351 g/mol. The van der Waals surface area contributed by atoms with Crippen molar-refractivity contribution >= 4 is 45.0 Å². The van der Waals surface area contributed by atoms with Crippen LogP contribution in [-0.2, 0) is 0 Å². The van der Waals surface area contributed by atoms with Crippen LogP contribution in [0, 0.1) is 5.92 Å². The molecular weight excluding hydrogens is 337 g/mol. The van der Waals surface area contributed by atoms with Crippen LogP contribution in [0.2, 0.25) is 5.02 Å². The minimum Gasteiger partial charge on any atom is -0.352 e. The van der Waals surface area contributed by atoms with Crippen molar-refractivity contribution in [3.8, 4) is 0 Å². The van der Waals surface area contributed by atoms with Crippen LogP contribution in [0.25, 0.3) is 0 Å². The molecule has 1 aliphatic rings. The van der Waals surface area contributed by atoms with Gasteiger partial charge in [0, 0.05) is 16.4 Å². The molecule has 0 saturated heterocycles. The molecule has 2 atom stereocenters. The van der Waals surface area contributed by atoms with Gasteiger partial charge in [-0.2, -0.15) is 0 Å². The molecule has 0 aliphatic heterocycles. The maximum atomic E-state index is 12.0. The summed E-state index contributed by atoms with van der Waals surface area (Å²) in [7, 11) is 0. The fraction of sp³-hybridized carbons (Fsp3) is 0.462. The Labute approximate surface area is 125 Å². The average Bonchev–Trinajstić information content (AvgIpc) is 2.72. The first-order valence-corrected chi connectivity index (χ1v) is 7.56. The molecule has 0 radical (unpaired) electrons. The van der Waals surface area contributed by atoms with Crippen molar-refractivity contribution in [3.05, 3.63) is 33.3 Å². The van der Waals surface area contributed by atoms with Crippen molar-refractivity contribution in [1.29, 1.82) is 0 Å². The molecule has 0 aromatic heterocycles. The number of carbonyl (C=O) groups is 1. The lowest BCUT2D eigenvalue weighted by atomic mass is 10.1. The second-order valence-electron chi connectivity index (χ2n) is 4.54. The molecule has 98 valence electrons. The van der Waals surface area contributed by atoms with Gasteiger partial charge >= 0.3 is 0 Å². The van der Waals surface area contributed by atoms with E-state index in [0.29, 0.717) is 23.0 Å². The van der Waals surface area contributed by atoms with E-state index in [1.54, 1.807) is 18.2 Å². The summed E-state index contributed by atoms with van der Waals surface area (Å²) in [6.07, 6.45) is 3.28. The van der Waals surface area contributed by atoms with Crippen LogP contribution in [0.1, 0.15) is 29.6 Å². The van der Waals surface area contributed by atoms with E-state index in [1.807, 2.05) is 0 Å². The van der Waals surface area contributed by atoms with Gasteiger partial charge in [-0.15, -0.1) is 11.6 Å². The zero-order valence-corrected chi connectivity index (χ0v) is 12.9. The number of nitrogens with one attached hydrogen (secondary N) is 1. The number of halogens is 3. The van der Waals surface area contributed by atoms with E-state index in [9.17, 15) is 4.79 Å².